The average molecular weight is 345 g/mol. The van der Waals surface area contributed by atoms with E-state index < -0.39 is 0 Å². The van der Waals surface area contributed by atoms with Gasteiger partial charge in [0, 0.05) is 31.5 Å². The Morgan fingerprint density at radius 2 is 1.88 bits per heavy atom. The van der Waals surface area contributed by atoms with Gasteiger partial charge in [-0.3, -0.25) is 9.48 Å². The molecular formula is C17H23N5OS. The predicted molar refractivity (Wildman–Crippen MR) is 100 cm³/mol. The molecule has 2 aromatic rings. The van der Waals surface area contributed by atoms with Gasteiger partial charge in [-0.1, -0.05) is 17.7 Å². The molecule has 24 heavy (non-hydrogen) atoms. The number of hydrogen-bond donors (Lipinski definition) is 3. The van der Waals surface area contributed by atoms with Gasteiger partial charge in [0.2, 0.25) is 0 Å². The Balaban J connectivity index is 1.73. The van der Waals surface area contributed by atoms with Gasteiger partial charge in [-0.25, -0.2) is 0 Å². The normalized spacial score (nSPS) is 10.3. The first kappa shape index (κ1) is 17.9. The summed E-state index contributed by atoms with van der Waals surface area (Å²) in [5, 5.41) is 13.7. The van der Waals surface area contributed by atoms with Crippen LogP contribution in [-0.4, -0.2) is 33.9 Å². The molecule has 6 nitrogen and oxygen atoms in total. The third-order valence-corrected chi connectivity index (χ3v) is 3.92. The molecule has 128 valence electrons. The second-order valence-electron chi connectivity index (χ2n) is 5.75. The summed E-state index contributed by atoms with van der Waals surface area (Å²) in [6.45, 7) is 6.99. The van der Waals surface area contributed by atoms with E-state index in [-0.39, 0.29) is 5.91 Å². The van der Waals surface area contributed by atoms with E-state index in [1.54, 1.807) is 10.7 Å². The molecule has 1 aromatic heterocycles. The number of aromatic nitrogens is 2. The summed E-state index contributed by atoms with van der Waals surface area (Å²) in [4.78, 5) is 12.0. The monoisotopic (exact) mass is 345 g/mol. The second-order valence-corrected chi connectivity index (χ2v) is 6.16. The van der Waals surface area contributed by atoms with Crippen LogP contribution < -0.4 is 16.0 Å². The van der Waals surface area contributed by atoms with Gasteiger partial charge in [0.1, 0.15) is 5.69 Å². The van der Waals surface area contributed by atoms with Gasteiger partial charge < -0.3 is 16.0 Å². The molecule has 0 saturated heterocycles. The molecule has 1 amide bonds. The van der Waals surface area contributed by atoms with Crippen LogP contribution in [-0.2, 0) is 7.05 Å². The third-order valence-electron chi connectivity index (χ3n) is 3.67. The maximum absolute atomic E-state index is 12.0. The van der Waals surface area contributed by atoms with E-state index in [1.807, 2.05) is 33.0 Å². The van der Waals surface area contributed by atoms with Crippen LogP contribution in [0, 0.1) is 20.8 Å². The minimum Gasteiger partial charge on any atom is -0.361 e. The number of nitrogens with one attached hydrogen (secondary N) is 3. The zero-order valence-electron chi connectivity index (χ0n) is 14.4. The second kappa shape index (κ2) is 7.92. The van der Waals surface area contributed by atoms with E-state index in [0.717, 1.165) is 16.9 Å². The highest BCUT2D eigenvalue weighted by Crippen LogP contribution is 2.15. The topological polar surface area (TPSA) is 71.0 Å². The highest BCUT2D eigenvalue weighted by molar-refractivity contribution is 7.80. The van der Waals surface area contributed by atoms with E-state index in [4.69, 9.17) is 12.2 Å². The summed E-state index contributed by atoms with van der Waals surface area (Å²) in [5.74, 6) is -0.186. The molecule has 3 N–H and O–H groups in total. The number of benzene rings is 1. The Bertz CT molecular complexity index is 734. The van der Waals surface area contributed by atoms with E-state index in [2.05, 4.69) is 34.0 Å². The lowest BCUT2D eigenvalue weighted by atomic mass is 10.1. The number of nitrogens with zero attached hydrogens (tertiary/aromatic N) is 2. The van der Waals surface area contributed by atoms with Crippen molar-refractivity contribution in [2.75, 3.05) is 18.4 Å². The van der Waals surface area contributed by atoms with Crippen LogP contribution in [0.25, 0.3) is 0 Å². The first-order valence-electron chi connectivity index (χ1n) is 7.78. The van der Waals surface area contributed by atoms with Gasteiger partial charge >= 0.3 is 0 Å². The van der Waals surface area contributed by atoms with E-state index in [0.29, 0.717) is 23.9 Å². The summed E-state index contributed by atoms with van der Waals surface area (Å²) in [6.07, 6.45) is 0. The average Bonchev–Trinajstić information content (AvgIpc) is 2.86. The number of thiocarbonyl (C=S) groups is 1. The van der Waals surface area contributed by atoms with E-state index in [1.165, 1.54) is 5.56 Å². The number of rotatable bonds is 5. The molecule has 0 atom stereocenters. The first-order valence-corrected chi connectivity index (χ1v) is 8.18. The number of anilines is 1. The molecular weight excluding hydrogens is 322 g/mol. The molecule has 0 radical (unpaired) electrons. The number of hydrogen-bond acceptors (Lipinski definition) is 3. The molecule has 0 aliphatic carbocycles. The maximum atomic E-state index is 12.0. The van der Waals surface area contributed by atoms with Crippen molar-refractivity contribution in [3.8, 4) is 0 Å². The fourth-order valence-corrected chi connectivity index (χ4v) is 2.45. The Morgan fingerprint density at radius 3 is 2.50 bits per heavy atom. The molecule has 0 aliphatic heterocycles. The van der Waals surface area contributed by atoms with Gasteiger partial charge in [0.25, 0.3) is 5.91 Å². The molecule has 0 aliphatic rings. The lowest BCUT2D eigenvalue weighted by Crippen LogP contribution is -2.36. The molecule has 0 saturated carbocycles. The third kappa shape index (κ3) is 4.79. The van der Waals surface area contributed by atoms with Gasteiger partial charge in [-0.15, -0.1) is 0 Å². The quantitative estimate of drug-likeness (QED) is 0.572. The lowest BCUT2D eigenvalue weighted by Gasteiger charge is -2.13. The molecule has 7 heteroatoms. The first-order chi connectivity index (χ1) is 11.4. The van der Waals surface area contributed by atoms with E-state index in [9.17, 15) is 4.79 Å². The summed E-state index contributed by atoms with van der Waals surface area (Å²) >= 11 is 5.27. The van der Waals surface area contributed by atoms with Crippen molar-refractivity contribution in [3.63, 3.8) is 0 Å². The molecule has 1 aromatic carbocycles. The number of carbonyl (C=O) groups excluding carboxylic acids is 1. The Hall–Kier alpha value is -2.41. The molecule has 2 rings (SSSR count). The van der Waals surface area contributed by atoms with Crippen LogP contribution in [0.4, 0.5) is 5.69 Å². The van der Waals surface area contributed by atoms with Crippen molar-refractivity contribution in [2.45, 2.75) is 20.8 Å². The molecule has 0 unspecified atom stereocenters. The summed E-state index contributed by atoms with van der Waals surface area (Å²) in [5.41, 5.74) is 4.69. The maximum Gasteiger partial charge on any atom is 0.271 e. The summed E-state index contributed by atoms with van der Waals surface area (Å²) < 4.78 is 1.68. The van der Waals surface area contributed by atoms with Crippen molar-refractivity contribution in [1.82, 2.24) is 20.4 Å². The Labute approximate surface area is 147 Å². The Kier molecular flexibility index (Phi) is 5.92. The summed E-state index contributed by atoms with van der Waals surface area (Å²) in [6, 6.07) is 7.89. The lowest BCUT2D eigenvalue weighted by molar-refractivity contribution is 0.0948. The van der Waals surface area contributed by atoms with Crippen molar-refractivity contribution < 1.29 is 4.79 Å². The molecule has 0 fully saturated rings. The number of aryl methyl sites for hydroxylation is 4. The zero-order chi connectivity index (χ0) is 17.7. The molecule has 0 bridgehead atoms. The van der Waals surface area contributed by atoms with Crippen LogP contribution in [0.5, 0.6) is 0 Å². The van der Waals surface area contributed by atoms with Gasteiger partial charge in [-0.2, -0.15) is 5.10 Å². The fraction of sp³-hybridized carbons (Fsp3) is 0.353. The zero-order valence-corrected chi connectivity index (χ0v) is 15.3. The van der Waals surface area contributed by atoms with Crippen molar-refractivity contribution >= 4 is 28.9 Å². The fourth-order valence-electron chi connectivity index (χ4n) is 2.23. The highest BCUT2D eigenvalue weighted by atomic mass is 32.1. The van der Waals surface area contributed by atoms with Crippen LogP contribution in [0.2, 0.25) is 0 Å². The van der Waals surface area contributed by atoms with Crippen molar-refractivity contribution in [3.05, 3.63) is 46.8 Å². The largest absolute Gasteiger partial charge is 0.361 e. The molecule has 1 heterocycles. The van der Waals surface area contributed by atoms with Crippen LogP contribution in [0.1, 0.15) is 27.3 Å². The van der Waals surface area contributed by atoms with Crippen molar-refractivity contribution in [2.24, 2.45) is 7.05 Å². The van der Waals surface area contributed by atoms with Gasteiger partial charge in [0.05, 0.1) is 0 Å². The standard InChI is InChI=1S/C17H23N5OS/c1-11-5-6-14(12(2)9-11)20-17(24)19-8-7-18-16(23)15-10-13(3)22(4)21-15/h5-6,9-10H,7-8H2,1-4H3,(H,18,23)(H2,19,20,24). The number of amides is 1. The van der Waals surface area contributed by atoms with Crippen LogP contribution >= 0.6 is 12.2 Å². The summed E-state index contributed by atoms with van der Waals surface area (Å²) in [7, 11) is 1.81. The van der Waals surface area contributed by atoms with Crippen LogP contribution in [0.3, 0.4) is 0 Å². The smallest absolute Gasteiger partial charge is 0.271 e. The van der Waals surface area contributed by atoms with Gasteiger partial charge in [0.15, 0.2) is 5.11 Å². The predicted octanol–water partition coefficient (Wildman–Crippen LogP) is 2.06. The minimum atomic E-state index is -0.186. The van der Waals surface area contributed by atoms with E-state index >= 15 is 0 Å². The minimum absolute atomic E-state index is 0.186. The SMILES string of the molecule is Cc1ccc(NC(=S)NCCNC(=O)c2cc(C)n(C)n2)c(C)c1. The van der Waals surface area contributed by atoms with Crippen molar-refractivity contribution in [1.29, 1.82) is 0 Å². The van der Waals surface area contributed by atoms with Crippen LogP contribution in [0.15, 0.2) is 24.3 Å². The number of carbonyl (C=O) groups is 1. The Morgan fingerprint density at radius 1 is 1.17 bits per heavy atom. The highest BCUT2D eigenvalue weighted by Gasteiger charge is 2.10. The molecule has 0 spiro atoms. The van der Waals surface area contributed by atoms with Gasteiger partial charge in [-0.05, 0) is 50.7 Å².